The van der Waals surface area contributed by atoms with Crippen LogP contribution in [-0.4, -0.2) is 35.8 Å². The SMILES string of the molecule is CN(C)CC1C2CCC(C2)CC1(O)c1cc(O)ccc1F. The molecule has 3 rings (SSSR count). The van der Waals surface area contributed by atoms with Gasteiger partial charge in [-0.2, -0.15) is 0 Å². The van der Waals surface area contributed by atoms with Gasteiger partial charge in [0.05, 0.1) is 5.60 Å². The zero-order valence-electron chi connectivity index (χ0n) is 12.7. The molecule has 0 heterocycles. The highest BCUT2D eigenvalue weighted by Crippen LogP contribution is 2.54. The summed E-state index contributed by atoms with van der Waals surface area (Å²) in [5.74, 6) is 0.530. The molecule has 2 N–H and O–H groups in total. The third-order valence-electron chi connectivity index (χ3n) is 5.34. The van der Waals surface area contributed by atoms with Gasteiger partial charge >= 0.3 is 0 Å². The molecule has 2 aliphatic rings. The van der Waals surface area contributed by atoms with E-state index in [1.165, 1.54) is 18.2 Å². The first-order valence-corrected chi connectivity index (χ1v) is 7.76. The third-order valence-corrected chi connectivity index (χ3v) is 5.34. The normalized spacial score (nSPS) is 35.4. The quantitative estimate of drug-likeness (QED) is 0.900. The predicted molar refractivity (Wildman–Crippen MR) is 79.5 cm³/mol. The smallest absolute Gasteiger partial charge is 0.129 e. The van der Waals surface area contributed by atoms with Crippen molar-refractivity contribution in [3.05, 3.63) is 29.6 Å². The van der Waals surface area contributed by atoms with Gasteiger partial charge in [0.15, 0.2) is 0 Å². The molecule has 0 radical (unpaired) electrons. The number of nitrogens with zero attached hydrogens (tertiary/aromatic N) is 1. The Morgan fingerprint density at radius 2 is 2.10 bits per heavy atom. The molecule has 4 unspecified atom stereocenters. The van der Waals surface area contributed by atoms with Crippen LogP contribution in [0.5, 0.6) is 5.75 Å². The summed E-state index contributed by atoms with van der Waals surface area (Å²) in [7, 11) is 3.97. The highest BCUT2D eigenvalue weighted by molar-refractivity contribution is 5.34. The van der Waals surface area contributed by atoms with Crippen molar-refractivity contribution in [2.24, 2.45) is 17.8 Å². The molecular formula is C17H24FNO2. The fourth-order valence-corrected chi connectivity index (χ4v) is 4.49. The standard InChI is InChI=1S/C17H24FNO2/c1-19(2)10-15-12-4-3-11(7-12)9-17(15,21)14-8-13(20)5-6-16(14)18/h5-6,8,11-12,15,20-21H,3-4,7,9-10H2,1-2H3. The van der Waals surface area contributed by atoms with Crippen molar-refractivity contribution in [3.63, 3.8) is 0 Å². The van der Waals surface area contributed by atoms with Crippen LogP contribution in [0.25, 0.3) is 0 Å². The van der Waals surface area contributed by atoms with Crippen LogP contribution >= 0.6 is 0 Å². The van der Waals surface area contributed by atoms with Crippen molar-refractivity contribution in [1.82, 2.24) is 4.90 Å². The number of rotatable bonds is 3. The molecule has 2 fully saturated rings. The molecular weight excluding hydrogens is 269 g/mol. The topological polar surface area (TPSA) is 43.7 Å². The summed E-state index contributed by atoms with van der Waals surface area (Å²) in [5, 5.41) is 21.1. The number of aliphatic hydroxyl groups is 1. The summed E-state index contributed by atoms with van der Waals surface area (Å²) in [5.41, 5.74) is -0.900. The Morgan fingerprint density at radius 1 is 1.33 bits per heavy atom. The maximum atomic E-state index is 14.3. The average molecular weight is 293 g/mol. The Morgan fingerprint density at radius 3 is 2.81 bits per heavy atom. The number of phenols is 1. The Kier molecular flexibility index (Phi) is 3.70. The van der Waals surface area contributed by atoms with Gasteiger partial charge in [-0.25, -0.2) is 4.39 Å². The summed E-state index contributed by atoms with van der Waals surface area (Å²) >= 11 is 0. The van der Waals surface area contributed by atoms with E-state index in [1.54, 1.807) is 0 Å². The summed E-state index contributed by atoms with van der Waals surface area (Å²) in [6, 6.07) is 4.00. The lowest BCUT2D eigenvalue weighted by Crippen LogP contribution is -2.47. The van der Waals surface area contributed by atoms with Crippen LogP contribution in [-0.2, 0) is 5.60 Å². The first-order chi connectivity index (χ1) is 9.90. The fraction of sp³-hybridized carbons (Fsp3) is 0.647. The molecule has 0 saturated heterocycles. The van der Waals surface area contributed by atoms with Gasteiger partial charge in [-0.15, -0.1) is 0 Å². The van der Waals surface area contributed by atoms with Crippen molar-refractivity contribution < 1.29 is 14.6 Å². The number of hydrogen-bond donors (Lipinski definition) is 2. The van der Waals surface area contributed by atoms with Crippen molar-refractivity contribution in [2.75, 3.05) is 20.6 Å². The molecule has 1 aromatic rings. The Labute approximate surface area is 125 Å². The molecule has 0 amide bonds. The van der Waals surface area contributed by atoms with Gasteiger partial charge in [0.25, 0.3) is 0 Å². The summed E-state index contributed by atoms with van der Waals surface area (Å²) in [6.07, 6.45) is 3.98. The maximum absolute atomic E-state index is 14.3. The largest absolute Gasteiger partial charge is 0.508 e. The molecule has 116 valence electrons. The fourth-order valence-electron chi connectivity index (χ4n) is 4.49. The number of phenolic OH excluding ortho intramolecular Hbond substituents is 1. The van der Waals surface area contributed by atoms with E-state index < -0.39 is 11.4 Å². The van der Waals surface area contributed by atoms with Crippen molar-refractivity contribution in [3.8, 4) is 5.75 Å². The number of halogens is 1. The predicted octanol–water partition coefficient (Wildman–Crippen LogP) is 2.72. The number of hydrogen-bond acceptors (Lipinski definition) is 3. The van der Waals surface area contributed by atoms with E-state index in [0.717, 1.165) is 25.8 Å². The molecule has 4 atom stereocenters. The lowest BCUT2D eigenvalue weighted by molar-refractivity contribution is -0.0913. The van der Waals surface area contributed by atoms with Gasteiger partial charge in [-0.3, -0.25) is 0 Å². The summed E-state index contributed by atoms with van der Waals surface area (Å²) < 4.78 is 14.3. The summed E-state index contributed by atoms with van der Waals surface area (Å²) in [6.45, 7) is 0.739. The molecule has 3 nitrogen and oxygen atoms in total. The van der Waals surface area contributed by atoms with E-state index in [1.807, 2.05) is 14.1 Å². The van der Waals surface area contributed by atoms with Crippen LogP contribution in [0.4, 0.5) is 4.39 Å². The minimum Gasteiger partial charge on any atom is -0.508 e. The number of benzene rings is 1. The third kappa shape index (κ3) is 2.55. The molecule has 2 bridgehead atoms. The van der Waals surface area contributed by atoms with E-state index in [-0.39, 0.29) is 17.2 Å². The number of fused-ring (bicyclic) bond motifs is 2. The van der Waals surface area contributed by atoms with Gasteiger partial charge < -0.3 is 15.1 Å². The second-order valence-corrected chi connectivity index (χ2v) is 7.10. The Balaban J connectivity index is 2.04. The van der Waals surface area contributed by atoms with E-state index in [2.05, 4.69) is 4.90 Å². The first-order valence-electron chi connectivity index (χ1n) is 7.76. The highest BCUT2D eigenvalue weighted by Gasteiger charge is 2.52. The molecule has 2 aliphatic carbocycles. The van der Waals surface area contributed by atoms with Crippen LogP contribution in [0.15, 0.2) is 18.2 Å². The average Bonchev–Trinajstić information content (AvgIpc) is 2.81. The van der Waals surface area contributed by atoms with E-state index in [0.29, 0.717) is 18.3 Å². The lowest BCUT2D eigenvalue weighted by Gasteiger charge is -2.45. The minimum absolute atomic E-state index is 0.0151. The lowest BCUT2D eigenvalue weighted by atomic mass is 9.65. The second kappa shape index (κ2) is 5.25. The summed E-state index contributed by atoms with van der Waals surface area (Å²) in [4.78, 5) is 2.06. The monoisotopic (exact) mass is 293 g/mol. The Bertz CT molecular complexity index is 534. The van der Waals surface area contributed by atoms with Crippen molar-refractivity contribution >= 4 is 0 Å². The first kappa shape index (κ1) is 14.8. The van der Waals surface area contributed by atoms with Crippen LogP contribution < -0.4 is 0 Å². The maximum Gasteiger partial charge on any atom is 0.129 e. The molecule has 2 saturated carbocycles. The highest BCUT2D eigenvalue weighted by atomic mass is 19.1. The van der Waals surface area contributed by atoms with Gasteiger partial charge in [-0.05, 0) is 63.4 Å². The van der Waals surface area contributed by atoms with Crippen LogP contribution in [0.2, 0.25) is 0 Å². The molecule has 0 aromatic heterocycles. The van der Waals surface area contributed by atoms with E-state index in [4.69, 9.17) is 0 Å². The molecule has 4 heteroatoms. The Hall–Kier alpha value is -1.13. The number of aromatic hydroxyl groups is 1. The zero-order valence-corrected chi connectivity index (χ0v) is 12.7. The van der Waals surface area contributed by atoms with Gasteiger partial charge in [0.1, 0.15) is 11.6 Å². The molecule has 0 spiro atoms. The van der Waals surface area contributed by atoms with Crippen LogP contribution in [0, 0.1) is 23.6 Å². The molecule has 21 heavy (non-hydrogen) atoms. The van der Waals surface area contributed by atoms with E-state index >= 15 is 0 Å². The van der Waals surface area contributed by atoms with E-state index in [9.17, 15) is 14.6 Å². The van der Waals surface area contributed by atoms with Gasteiger partial charge in [-0.1, -0.05) is 6.42 Å². The van der Waals surface area contributed by atoms with Crippen LogP contribution in [0.1, 0.15) is 31.2 Å². The minimum atomic E-state index is -1.17. The van der Waals surface area contributed by atoms with Crippen molar-refractivity contribution in [2.45, 2.75) is 31.3 Å². The van der Waals surface area contributed by atoms with Crippen molar-refractivity contribution in [1.29, 1.82) is 0 Å². The zero-order chi connectivity index (χ0) is 15.2. The molecule has 1 aromatic carbocycles. The second-order valence-electron chi connectivity index (χ2n) is 7.10. The van der Waals surface area contributed by atoms with Gasteiger partial charge in [0.2, 0.25) is 0 Å². The van der Waals surface area contributed by atoms with Crippen LogP contribution in [0.3, 0.4) is 0 Å². The van der Waals surface area contributed by atoms with Gasteiger partial charge in [0, 0.05) is 18.0 Å². The molecule has 0 aliphatic heterocycles.